The molecule has 20 heavy (non-hydrogen) atoms. The topological polar surface area (TPSA) is 71.1 Å². The number of nitrogens with zero attached hydrogens (tertiary/aromatic N) is 1. The number of hydrogen-bond donors (Lipinski definition) is 2. The number of nitrogens with two attached hydrogens (primary N) is 1. The largest absolute Gasteiger partial charge is 0.382 e. The zero-order valence-corrected chi connectivity index (χ0v) is 13.0. The third kappa shape index (κ3) is 4.20. The van der Waals surface area contributed by atoms with E-state index in [1.165, 1.54) is 0 Å². The summed E-state index contributed by atoms with van der Waals surface area (Å²) < 4.78 is 6.66. The van der Waals surface area contributed by atoms with E-state index in [2.05, 4.69) is 27.3 Å². The number of hydrogen-bond acceptors (Lipinski definition) is 4. The second-order valence-electron chi connectivity index (χ2n) is 5.11. The molecule has 3 N–H and O–H groups in total. The minimum absolute atomic E-state index is 0.342. The Labute approximate surface area is 128 Å². The van der Waals surface area contributed by atoms with Crippen molar-refractivity contribution in [3.63, 3.8) is 0 Å². The molecule has 0 aromatic heterocycles. The highest BCUT2D eigenvalue weighted by Gasteiger charge is 2.18. The summed E-state index contributed by atoms with van der Waals surface area (Å²) >= 11 is 3.38. The number of rotatable bonds is 5. The van der Waals surface area contributed by atoms with E-state index in [9.17, 15) is 0 Å². The third-order valence-electron chi connectivity index (χ3n) is 3.62. The molecule has 4 nitrogen and oxygen atoms in total. The van der Waals surface area contributed by atoms with Crippen LogP contribution in [0.5, 0.6) is 0 Å². The molecule has 0 spiro atoms. The van der Waals surface area contributed by atoms with Crippen LogP contribution in [0, 0.1) is 11.3 Å². The molecule has 0 saturated heterocycles. The summed E-state index contributed by atoms with van der Waals surface area (Å²) in [6.45, 7) is 1.35. The van der Waals surface area contributed by atoms with Crippen LogP contribution < -0.4 is 11.1 Å². The molecule has 0 radical (unpaired) electrons. The molecule has 1 aliphatic rings. The van der Waals surface area contributed by atoms with Gasteiger partial charge in [-0.1, -0.05) is 6.07 Å². The van der Waals surface area contributed by atoms with Gasteiger partial charge in [0.25, 0.3) is 0 Å². The first-order valence-electron chi connectivity index (χ1n) is 7.00. The van der Waals surface area contributed by atoms with Crippen LogP contribution in [0.4, 0.5) is 5.69 Å². The van der Waals surface area contributed by atoms with Gasteiger partial charge in [-0.2, -0.15) is 5.26 Å². The average molecular weight is 338 g/mol. The summed E-state index contributed by atoms with van der Waals surface area (Å²) in [5.74, 6) is 0. The fourth-order valence-electron chi connectivity index (χ4n) is 2.45. The fraction of sp³-hybridized carbons (Fsp3) is 0.533. The highest BCUT2D eigenvalue weighted by Crippen LogP contribution is 2.24. The third-order valence-corrected chi connectivity index (χ3v) is 4.28. The van der Waals surface area contributed by atoms with Gasteiger partial charge in [0, 0.05) is 17.1 Å². The summed E-state index contributed by atoms with van der Waals surface area (Å²) in [6.07, 6.45) is 4.57. The molecule has 108 valence electrons. The minimum atomic E-state index is 0.342. The van der Waals surface area contributed by atoms with Gasteiger partial charge in [0.1, 0.15) is 6.07 Å². The monoisotopic (exact) mass is 337 g/mol. The van der Waals surface area contributed by atoms with Crippen molar-refractivity contribution in [2.75, 3.05) is 18.5 Å². The molecular formula is C15H20BrN3O. The Morgan fingerprint density at radius 2 is 2.10 bits per heavy atom. The van der Waals surface area contributed by atoms with Crippen LogP contribution in [-0.2, 0) is 4.74 Å². The van der Waals surface area contributed by atoms with Crippen molar-refractivity contribution >= 4 is 21.6 Å². The van der Waals surface area contributed by atoms with Crippen molar-refractivity contribution in [2.24, 2.45) is 5.73 Å². The normalized spacial score (nSPS) is 22.2. The van der Waals surface area contributed by atoms with E-state index in [-0.39, 0.29) is 0 Å². The van der Waals surface area contributed by atoms with Gasteiger partial charge in [-0.25, -0.2) is 0 Å². The Morgan fingerprint density at radius 3 is 2.80 bits per heavy atom. The number of anilines is 1. The van der Waals surface area contributed by atoms with E-state index in [4.69, 9.17) is 15.7 Å². The molecule has 0 atom stereocenters. The summed E-state index contributed by atoms with van der Waals surface area (Å²) in [5, 5.41) is 12.4. The van der Waals surface area contributed by atoms with Crippen molar-refractivity contribution < 1.29 is 4.74 Å². The van der Waals surface area contributed by atoms with Gasteiger partial charge >= 0.3 is 0 Å². The zero-order valence-electron chi connectivity index (χ0n) is 11.4. The van der Waals surface area contributed by atoms with Crippen molar-refractivity contribution in [2.45, 2.75) is 37.8 Å². The number of halogens is 1. The minimum Gasteiger partial charge on any atom is -0.382 e. The second-order valence-corrected chi connectivity index (χ2v) is 5.96. The number of ether oxygens (including phenoxy) is 1. The van der Waals surface area contributed by atoms with Crippen molar-refractivity contribution in [1.82, 2.24) is 0 Å². The molecule has 1 saturated carbocycles. The Bertz CT molecular complexity index is 478. The SMILES string of the molecule is N#Cc1c(Br)cccc1NCCOC1CCC(N)CC1. The first kappa shape index (κ1) is 15.3. The molecule has 5 heteroatoms. The fourth-order valence-corrected chi connectivity index (χ4v) is 2.91. The Morgan fingerprint density at radius 1 is 1.35 bits per heavy atom. The molecule has 1 aromatic rings. The van der Waals surface area contributed by atoms with Crippen molar-refractivity contribution in [1.29, 1.82) is 5.26 Å². The molecular weight excluding hydrogens is 318 g/mol. The van der Waals surface area contributed by atoms with Crippen LogP contribution in [0.3, 0.4) is 0 Å². The molecule has 0 heterocycles. The maximum absolute atomic E-state index is 9.12. The van der Waals surface area contributed by atoms with Crippen LogP contribution in [0.2, 0.25) is 0 Å². The van der Waals surface area contributed by atoms with E-state index in [0.717, 1.165) is 35.8 Å². The van der Waals surface area contributed by atoms with E-state index < -0.39 is 0 Å². The first-order valence-corrected chi connectivity index (χ1v) is 7.79. The first-order chi connectivity index (χ1) is 9.70. The summed E-state index contributed by atoms with van der Waals surface area (Å²) in [6, 6.07) is 8.23. The molecule has 0 amide bonds. The van der Waals surface area contributed by atoms with E-state index in [0.29, 0.717) is 30.9 Å². The lowest BCUT2D eigenvalue weighted by Crippen LogP contribution is -2.31. The lowest BCUT2D eigenvalue weighted by Gasteiger charge is -2.26. The molecule has 0 bridgehead atoms. The van der Waals surface area contributed by atoms with Crippen LogP contribution in [0.15, 0.2) is 22.7 Å². The summed E-state index contributed by atoms with van der Waals surface area (Å²) in [5.41, 5.74) is 7.35. The summed E-state index contributed by atoms with van der Waals surface area (Å²) in [4.78, 5) is 0. The maximum atomic E-state index is 9.12. The Hall–Kier alpha value is -1.09. The summed E-state index contributed by atoms with van der Waals surface area (Å²) in [7, 11) is 0. The van der Waals surface area contributed by atoms with Gasteiger partial charge in [0.15, 0.2) is 0 Å². The van der Waals surface area contributed by atoms with Crippen LogP contribution in [-0.4, -0.2) is 25.3 Å². The van der Waals surface area contributed by atoms with E-state index in [1.807, 2.05) is 18.2 Å². The maximum Gasteiger partial charge on any atom is 0.103 e. The lowest BCUT2D eigenvalue weighted by molar-refractivity contribution is 0.0313. The standard InChI is InChI=1S/C15H20BrN3O/c16-14-2-1-3-15(13(14)10-17)19-8-9-20-12-6-4-11(18)5-7-12/h1-3,11-12,19H,4-9,18H2. The predicted octanol–water partition coefficient (Wildman–Crippen LogP) is 3.02. The van der Waals surface area contributed by atoms with Gasteiger partial charge in [-0.3, -0.25) is 0 Å². The zero-order chi connectivity index (χ0) is 14.4. The van der Waals surface area contributed by atoms with Crippen LogP contribution in [0.1, 0.15) is 31.2 Å². The molecule has 1 aromatic carbocycles. The lowest BCUT2D eigenvalue weighted by atomic mass is 9.94. The molecule has 0 unspecified atom stereocenters. The van der Waals surface area contributed by atoms with Gasteiger partial charge < -0.3 is 15.8 Å². The predicted molar refractivity (Wildman–Crippen MR) is 83.5 cm³/mol. The van der Waals surface area contributed by atoms with Gasteiger partial charge in [-0.15, -0.1) is 0 Å². The van der Waals surface area contributed by atoms with Gasteiger partial charge in [0.2, 0.25) is 0 Å². The Kier molecular flexibility index (Phi) is 5.84. The second kappa shape index (κ2) is 7.63. The smallest absolute Gasteiger partial charge is 0.103 e. The highest BCUT2D eigenvalue weighted by molar-refractivity contribution is 9.10. The Balaban J connectivity index is 1.74. The number of nitrogens with one attached hydrogen (secondary N) is 1. The highest BCUT2D eigenvalue weighted by atomic mass is 79.9. The van der Waals surface area contributed by atoms with Crippen LogP contribution in [0.25, 0.3) is 0 Å². The van der Waals surface area contributed by atoms with Crippen LogP contribution >= 0.6 is 15.9 Å². The number of benzene rings is 1. The average Bonchev–Trinajstić information content (AvgIpc) is 2.45. The quantitative estimate of drug-likeness (QED) is 0.810. The van der Waals surface area contributed by atoms with Crippen molar-refractivity contribution in [3.8, 4) is 6.07 Å². The molecule has 2 rings (SSSR count). The molecule has 1 fully saturated rings. The van der Waals surface area contributed by atoms with E-state index in [1.54, 1.807) is 0 Å². The van der Waals surface area contributed by atoms with E-state index >= 15 is 0 Å². The van der Waals surface area contributed by atoms with Gasteiger partial charge in [0.05, 0.1) is 24.0 Å². The molecule has 0 aliphatic heterocycles. The van der Waals surface area contributed by atoms with Crippen molar-refractivity contribution in [3.05, 3.63) is 28.2 Å². The van der Waals surface area contributed by atoms with Gasteiger partial charge in [-0.05, 0) is 53.7 Å². The molecule has 1 aliphatic carbocycles. The number of nitriles is 1.